The third-order valence-electron chi connectivity index (χ3n) is 3.08. The highest BCUT2D eigenvalue weighted by Crippen LogP contribution is 2.40. The fourth-order valence-electron chi connectivity index (χ4n) is 2.14. The number of carbonyl (C=O) groups is 1. The SMILES string of the molecule is COc1cc2c(C(=O)C(F)(F)F)c(C(F)(F)F)[nH]c2cc1C. The van der Waals surface area contributed by atoms with Gasteiger partial charge >= 0.3 is 12.4 Å². The van der Waals surface area contributed by atoms with E-state index in [-0.39, 0.29) is 11.3 Å². The lowest BCUT2D eigenvalue weighted by molar-refractivity contribution is -0.141. The van der Waals surface area contributed by atoms with Crippen molar-refractivity contribution in [1.29, 1.82) is 0 Å². The third kappa shape index (κ3) is 2.62. The summed E-state index contributed by atoms with van der Waals surface area (Å²) in [6.07, 6.45) is -10.6. The Morgan fingerprint density at radius 3 is 2.18 bits per heavy atom. The second-order valence-corrected chi connectivity index (χ2v) is 4.57. The molecule has 1 aromatic carbocycles. The number of benzene rings is 1. The number of alkyl halides is 6. The van der Waals surface area contributed by atoms with Crippen LogP contribution in [0.2, 0.25) is 0 Å². The van der Waals surface area contributed by atoms with Crippen LogP contribution in [0.5, 0.6) is 5.75 Å². The maximum Gasteiger partial charge on any atom is 0.454 e. The molecule has 0 amide bonds. The number of Topliss-reactive ketones (excluding diaryl/α,β-unsaturated/α-hetero) is 1. The van der Waals surface area contributed by atoms with Crippen LogP contribution in [0.15, 0.2) is 12.1 Å². The van der Waals surface area contributed by atoms with E-state index in [9.17, 15) is 31.1 Å². The minimum absolute atomic E-state index is 0.0800. The van der Waals surface area contributed by atoms with Gasteiger partial charge in [0, 0.05) is 10.9 Å². The molecule has 0 saturated heterocycles. The number of methoxy groups -OCH3 is 1. The molecule has 0 saturated carbocycles. The molecule has 2 aromatic rings. The lowest BCUT2D eigenvalue weighted by Gasteiger charge is -2.10. The molecule has 0 atom stereocenters. The zero-order chi connectivity index (χ0) is 16.9. The number of rotatable bonds is 2. The summed E-state index contributed by atoms with van der Waals surface area (Å²) in [6, 6.07) is 2.17. The summed E-state index contributed by atoms with van der Waals surface area (Å²) in [4.78, 5) is 13.3. The zero-order valence-corrected chi connectivity index (χ0v) is 11.2. The highest BCUT2D eigenvalue weighted by atomic mass is 19.4. The summed E-state index contributed by atoms with van der Waals surface area (Å²) < 4.78 is 81.5. The molecule has 1 heterocycles. The molecular weight excluding hydrogens is 316 g/mol. The van der Waals surface area contributed by atoms with Gasteiger partial charge in [-0.25, -0.2) is 0 Å². The Kier molecular flexibility index (Phi) is 3.62. The van der Waals surface area contributed by atoms with Crippen molar-refractivity contribution < 1.29 is 35.9 Å². The van der Waals surface area contributed by atoms with Gasteiger partial charge in [-0.2, -0.15) is 26.3 Å². The van der Waals surface area contributed by atoms with Crippen molar-refractivity contribution in [2.75, 3.05) is 7.11 Å². The van der Waals surface area contributed by atoms with Gasteiger partial charge in [-0.3, -0.25) is 4.79 Å². The number of hydrogen-bond donors (Lipinski definition) is 1. The maximum atomic E-state index is 12.9. The number of fused-ring (bicyclic) bond motifs is 1. The predicted octanol–water partition coefficient (Wildman–Crippen LogP) is 4.25. The Labute approximate surface area is 119 Å². The second kappa shape index (κ2) is 4.92. The number of carbonyl (C=O) groups excluding carboxylic acids is 1. The van der Waals surface area contributed by atoms with Crippen molar-refractivity contribution in [3.8, 4) is 5.75 Å². The Morgan fingerprint density at radius 2 is 1.73 bits per heavy atom. The van der Waals surface area contributed by atoms with E-state index in [1.165, 1.54) is 20.1 Å². The van der Waals surface area contributed by atoms with Crippen LogP contribution in [0.25, 0.3) is 10.9 Å². The normalized spacial score (nSPS) is 12.7. The molecule has 1 N–H and O–H groups in total. The first-order valence-corrected chi connectivity index (χ1v) is 5.86. The average molecular weight is 325 g/mol. The Hall–Kier alpha value is -2.19. The van der Waals surface area contributed by atoms with Gasteiger partial charge in [0.05, 0.1) is 12.7 Å². The first kappa shape index (κ1) is 16.2. The topological polar surface area (TPSA) is 42.1 Å². The van der Waals surface area contributed by atoms with Crippen LogP contribution in [-0.4, -0.2) is 24.1 Å². The number of aryl methyl sites for hydroxylation is 1. The summed E-state index contributed by atoms with van der Waals surface area (Å²) >= 11 is 0. The summed E-state index contributed by atoms with van der Waals surface area (Å²) in [5.41, 5.74) is -2.99. The highest BCUT2D eigenvalue weighted by molar-refractivity contribution is 6.12. The van der Waals surface area contributed by atoms with E-state index in [1.54, 1.807) is 0 Å². The highest BCUT2D eigenvalue weighted by Gasteiger charge is 2.47. The minimum atomic E-state index is -5.42. The molecular formula is C13H9F6NO2. The van der Waals surface area contributed by atoms with Crippen molar-refractivity contribution >= 4 is 16.7 Å². The largest absolute Gasteiger partial charge is 0.496 e. The molecule has 0 spiro atoms. The lowest BCUT2D eigenvalue weighted by atomic mass is 10.0. The maximum absolute atomic E-state index is 12.9. The molecule has 120 valence electrons. The fraction of sp³-hybridized carbons (Fsp3) is 0.308. The Balaban J connectivity index is 2.87. The van der Waals surface area contributed by atoms with Crippen LogP contribution < -0.4 is 4.74 Å². The van der Waals surface area contributed by atoms with Crippen LogP contribution in [0, 0.1) is 6.92 Å². The van der Waals surface area contributed by atoms with E-state index in [1.807, 2.05) is 4.98 Å². The molecule has 0 aliphatic heterocycles. The number of aromatic nitrogens is 1. The molecule has 0 bridgehead atoms. The van der Waals surface area contributed by atoms with Crippen molar-refractivity contribution in [2.45, 2.75) is 19.3 Å². The van der Waals surface area contributed by atoms with Crippen molar-refractivity contribution in [3.05, 3.63) is 29.0 Å². The molecule has 9 heteroatoms. The third-order valence-corrected chi connectivity index (χ3v) is 3.08. The van der Waals surface area contributed by atoms with Gasteiger partial charge in [0.2, 0.25) is 0 Å². The number of halogens is 6. The van der Waals surface area contributed by atoms with Crippen molar-refractivity contribution in [1.82, 2.24) is 4.98 Å². The Morgan fingerprint density at radius 1 is 1.14 bits per heavy atom. The van der Waals surface area contributed by atoms with Gasteiger partial charge in [-0.15, -0.1) is 0 Å². The minimum Gasteiger partial charge on any atom is -0.496 e. The van der Waals surface area contributed by atoms with Gasteiger partial charge in [0.25, 0.3) is 5.78 Å². The first-order valence-electron chi connectivity index (χ1n) is 5.86. The van der Waals surface area contributed by atoms with E-state index in [0.717, 1.165) is 6.07 Å². The molecule has 1 aromatic heterocycles. The number of ketones is 1. The van der Waals surface area contributed by atoms with Crippen molar-refractivity contribution in [3.63, 3.8) is 0 Å². The molecule has 22 heavy (non-hydrogen) atoms. The van der Waals surface area contributed by atoms with Crippen LogP contribution in [0.1, 0.15) is 21.6 Å². The van der Waals surface area contributed by atoms with Crippen LogP contribution >= 0.6 is 0 Å². The second-order valence-electron chi connectivity index (χ2n) is 4.57. The molecule has 3 nitrogen and oxygen atoms in total. The van der Waals surface area contributed by atoms with Crippen LogP contribution in [0.4, 0.5) is 26.3 Å². The molecule has 0 aliphatic carbocycles. The van der Waals surface area contributed by atoms with E-state index >= 15 is 0 Å². The first-order chi connectivity index (χ1) is 9.96. The summed E-state index contributed by atoms with van der Waals surface area (Å²) in [5, 5.41) is -0.489. The monoisotopic (exact) mass is 325 g/mol. The van der Waals surface area contributed by atoms with Gasteiger partial charge in [0.15, 0.2) is 0 Å². The summed E-state index contributed by atoms with van der Waals surface area (Å²) in [7, 11) is 1.22. The predicted molar refractivity (Wildman–Crippen MR) is 65.0 cm³/mol. The van der Waals surface area contributed by atoms with E-state index in [0.29, 0.717) is 5.56 Å². The van der Waals surface area contributed by atoms with E-state index < -0.39 is 34.8 Å². The van der Waals surface area contributed by atoms with Gasteiger partial charge in [-0.05, 0) is 24.6 Å². The standard InChI is InChI=1S/C13H9F6NO2/c1-5-3-7-6(4-8(5)22-2)9(11(21)13(17,18)19)10(20-7)12(14,15)16/h3-4,20H,1-2H3. The summed E-state index contributed by atoms with van der Waals surface area (Å²) in [6.45, 7) is 1.51. The quantitative estimate of drug-likeness (QED) is 0.662. The van der Waals surface area contributed by atoms with E-state index in [2.05, 4.69) is 0 Å². The molecule has 2 rings (SSSR count). The Bertz CT molecular complexity index is 742. The van der Waals surface area contributed by atoms with Gasteiger partial charge in [-0.1, -0.05) is 0 Å². The van der Waals surface area contributed by atoms with Gasteiger partial charge in [0.1, 0.15) is 11.4 Å². The molecule has 0 unspecified atom stereocenters. The van der Waals surface area contributed by atoms with Crippen LogP contribution in [0.3, 0.4) is 0 Å². The fourth-order valence-corrected chi connectivity index (χ4v) is 2.14. The molecule has 0 fully saturated rings. The zero-order valence-electron chi connectivity index (χ0n) is 11.2. The summed E-state index contributed by atoms with van der Waals surface area (Å²) in [5.74, 6) is -2.48. The number of aromatic amines is 1. The van der Waals surface area contributed by atoms with Crippen molar-refractivity contribution in [2.24, 2.45) is 0 Å². The number of ether oxygens (including phenoxy) is 1. The molecule has 0 aliphatic rings. The number of H-pyrrole nitrogens is 1. The van der Waals surface area contributed by atoms with E-state index in [4.69, 9.17) is 4.74 Å². The average Bonchev–Trinajstić information content (AvgIpc) is 2.73. The van der Waals surface area contributed by atoms with Crippen LogP contribution in [-0.2, 0) is 6.18 Å². The lowest BCUT2D eigenvalue weighted by Crippen LogP contribution is -2.25. The smallest absolute Gasteiger partial charge is 0.454 e. The van der Waals surface area contributed by atoms with Gasteiger partial charge < -0.3 is 9.72 Å². The molecule has 0 radical (unpaired) electrons. The number of nitrogens with one attached hydrogen (secondary N) is 1. The number of hydrogen-bond acceptors (Lipinski definition) is 2.